The molecule has 0 aromatic heterocycles. The summed E-state index contributed by atoms with van der Waals surface area (Å²) in [5, 5.41) is 12.2. The number of carboxylic acids is 1. The van der Waals surface area contributed by atoms with Gasteiger partial charge in [0.15, 0.2) is 0 Å². The number of anilines is 1. The van der Waals surface area contributed by atoms with E-state index in [2.05, 4.69) is 10.0 Å². The number of hydrogen-bond acceptors (Lipinski definition) is 5. The third kappa shape index (κ3) is 3.90. The number of hydrogen-bond donors (Lipinski definition) is 3. The van der Waals surface area contributed by atoms with Gasteiger partial charge in [0.1, 0.15) is 6.04 Å². The SMILES string of the molecule is CC1(C)SC(c2ccc(NS(C)(=O)=O)cc2)N[C@H]1C(=O)O. The van der Waals surface area contributed by atoms with Crippen molar-refractivity contribution in [3.8, 4) is 0 Å². The molecular weight excluding hydrogens is 312 g/mol. The lowest BCUT2D eigenvalue weighted by Gasteiger charge is -2.20. The van der Waals surface area contributed by atoms with Gasteiger partial charge in [0.2, 0.25) is 10.0 Å². The number of carboxylic acid groups (broad SMARTS) is 1. The van der Waals surface area contributed by atoms with Gasteiger partial charge in [-0.05, 0) is 31.5 Å². The van der Waals surface area contributed by atoms with Crippen molar-refractivity contribution in [1.82, 2.24) is 5.32 Å². The molecule has 1 fully saturated rings. The van der Waals surface area contributed by atoms with Crippen LogP contribution in [0.1, 0.15) is 24.8 Å². The molecule has 2 rings (SSSR count). The minimum Gasteiger partial charge on any atom is -0.480 e. The van der Waals surface area contributed by atoms with E-state index in [9.17, 15) is 18.3 Å². The molecule has 8 heteroatoms. The van der Waals surface area contributed by atoms with E-state index in [1.807, 2.05) is 13.8 Å². The van der Waals surface area contributed by atoms with Gasteiger partial charge < -0.3 is 5.11 Å². The second-order valence-electron chi connectivity index (χ2n) is 5.54. The predicted molar refractivity (Wildman–Crippen MR) is 83.9 cm³/mol. The van der Waals surface area contributed by atoms with E-state index in [-0.39, 0.29) is 5.37 Å². The van der Waals surface area contributed by atoms with Crippen LogP contribution in [0.25, 0.3) is 0 Å². The first-order valence-electron chi connectivity index (χ1n) is 6.33. The van der Waals surface area contributed by atoms with Crippen LogP contribution in [0.2, 0.25) is 0 Å². The first kappa shape index (κ1) is 16.1. The highest BCUT2D eigenvalue weighted by atomic mass is 32.2. The smallest absolute Gasteiger partial charge is 0.322 e. The molecule has 6 nitrogen and oxygen atoms in total. The third-order valence-electron chi connectivity index (χ3n) is 3.20. The van der Waals surface area contributed by atoms with Gasteiger partial charge in [-0.25, -0.2) is 8.42 Å². The second-order valence-corrected chi connectivity index (χ2v) is 9.04. The molecule has 0 aliphatic carbocycles. The molecule has 1 aliphatic heterocycles. The molecule has 0 amide bonds. The minimum atomic E-state index is -3.30. The van der Waals surface area contributed by atoms with Crippen LogP contribution in [0, 0.1) is 0 Å². The normalized spacial score (nSPS) is 24.7. The van der Waals surface area contributed by atoms with E-state index >= 15 is 0 Å². The van der Waals surface area contributed by atoms with E-state index in [1.165, 1.54) is 0 Å². The fourth-order valence-electron chi connectivity index (χ4n) is 2.23. The van der Waals surface area contributed by atoms with E-state index in [1.54, 1.807) is 36.0 Å². The Hall–Kier alpha value is -1.25. The minimum absolute atomic E-state index is 0.131. The fraction of sp³-hybridized carbons (Fsp3) is 0.462. The fourth-order valence-corrected chi connectivity index (χ4v) is 4.20. The average Bonchev–Trinajstić information content (AvgIpc) is 2.64. The molecule has 0 saturated carbocycles. The molecule has 1 aromatic carbocycles. The largest absolute Gasteiger partial charge is 0.480 e. The molecule has 21 heavy (non-hydrogen) atoms. The molecule has 116 valence electrons. The molecule has 3 N–H and O–H groups in total. The summed E-state index contributed by atoms with van der Waals surface area (Å²) in [5.74, 6) is -0.870. The highest BCUT2D eigenvalue weighted by Crippen LogP contribution is 2.45. The molecule has 1 heterocycles. The Morgan fingerprint density at radius 3 is 2.33 bits per heavy atom. The van der Waals surface area contributed by atoms with Gasteiger partial charge in [-0.3, -0.25) is 14.8 Å². The van der Waals surface area contributed by atoms with Crippen LogP contribution in [0.4, 0.5) is 5.69 Å². The van der Waals surface area contributed by atoms with E-state index in [0.29, 0.717) is 5.69 Å². The van der Waals surface area contributed by atoms with Crippen molar-refractivity contribution in [3.63, 3.8) is 0 Å². The Morgan fingerprint density at radius 1 is 1.33 bits per heavy atom. The lowest BCUT2D eigenvalue weighted by atomic mass is 10.0. The van der Waals surface area contributed by atoms with Crippen LogP contribution in [0.15, 0.2) is 24.3 Å². The van der Waals surface area contributed by atoms with Gasteiger partial charge >= 0.3 is 5.97 Å². The summed E-state index contributed by atoms with van der Waals surface area (Å²) < 4.78 is 24.3. The quantitative estimate of drug-likeness (QED) is 0.776. The number of thioether (sulfide) groups is 1. The van der Waals surface area contributed by atoms with Crippen LogP contribution in [-0.2, 0) is 14.8 Å². The summed E-state index contributed by atoms with van der Waals surface area (Å²) in [6.45, 7) is 3.78. The Morgan fingerprint density at radius 2 is 1.90 bits per heavy atom. The highest BCUT2D eigenvalue weighted by Gasteiger charge is 2.45. The topological polar surface area (TPSA) is 95.5 Å². The summed E-state index contributed by atoms with van der Waals surface area (Å²) >= 11 is 1.55. The van der Waals surface area contributed by atoms with Gasteiger partial charge in [-0.2, -0.15) is 0 Å². The van der Waals surface area contributed by atoms with Crippen LogP contribution in [-0.4, -0.2) is 36.5 Å². The lowest BCUT2D eigenvalue weighted by Crippen LogP contribution is -2.43. The molecule has 0 spiro atoms. The summed E-state index contributed by atoms with van der Waals surface area (Å²) in [7, 11) is -3.30. The molecule has 1 unspecified atom stereocenters. The van der Waals surface area contributed by atoms with E-state index in [4.69, 9.17) is 0 Å². The number of rotatable bonds is 4. The Kier molecular flexibility index (Phi) is 4.23. The summed E-state index contributed by atoms with van der Waals surface area (Å²) in [6, 6.07) is 6.29. The van der Waals surface area contributed by atoms with Gasteiger partial charge in [0, 0.05) is 10.4 Å². The maximum Gasteiger partial charge on any atom is 0.322 e. The van der Waals surface area contributed by atoms with Crippen molar-refractivity contribution in [2.45, 2.75) is 30.0 Å². The number of aliphatic carboxylic acids is 1. The zero-order chi connectivity index (χ0) is 15.8. The van der Waals surface area contributed by atoms with E-state index < -0.39 is 26.8 Å². The standard InChI is InChI=1S/C13H18N2O4S2/c1-13(2)10(12(16)17)14-11(20-13)8-4-6-9(7-5-8)15-21(3,18)19/h4-7,10-11,14-15H,1-3H3,(H,16,17)/t10-,11?/m0/s1. The first-order valence-corrected chi connectivity index (χ1v) is 9.10. The van der Waals surface area contributed by atoms with Gasteiger partial charge in [0.25, 0.3) is 0 Å². The van der Waals surface area contributed by atoms with Crippen molar-refractivity contribution in [2.24, 2.45) is 0 Å². The molecular formula is C13H18N2O4S2. The van der Waals surface area contributed by atoms with Crippen molar-refractivity contribution in [2.75, 3.05) is 11.0 Å². The molecule has 0 radical (unpaired) electrons. The van der Waals surface area contributed by atoms with Crippen LogP contribution >= 0.6 is 11.8 Å². The molecule has 1 aromatic rings. The van der Waals surface area contributed by atoms with Crippen molar-refractivity contribution < 1.29 is 18.3 Å². The van der Waals surface area contributed by atoms with Crippen LogP contribution in [0.3, 0.4) is 0 Å². The Labute approximate surface area is 128 Å². The van der Waals surface area contributed by atoms with Crippen LogP contribution in [0.5, 0.6) is 0 Å². The number of carbonyl (C=O) groups is 1. The Bertz CT molecular complexity index is 641. The average molecular weight is 330 g/mol. The van der Waals surface area contributed by atoms with Crippen molar-refractivity contribution >= 4 is 33.4 Å². The van der Waals surface area contributed by atoms with Crippen molar-refractivity contribution in [3.05, 3.63) is 29.8 Å². The number of sulfonamides is 1. The molecule has 1 aliphatic rings. The van der Waals surface area contributed by atoms with E-state index in [0.717, 1.165) is 11.8 Å². The predicted octanol–water partition coefficient (Wildman–Crippen LogP) is 1.62. The zero-order valence-corrected chi connectivity index (χ0v) is 13.6. The molecule has 2 atom stereocenters. The highest BCUT2D eigenvalue weighted by molar-refractivity contribution is 8.01. The molecule has 0 bridgehead atoms. The second kappa shape index (κ2) is 5.51. The van der Waals surface area contributed by atoms with Crippen LogP contribution < -0.4 is 10.0 Å². The summed E-state index contributed by atoms with van der Waals surface area (Å²) in [5.41, 5.74) is 1.40. The van der Waals surface area contributed by atoms with Gasteiger partial charge in [-0.1, -0.05) is 12.1 Å². The molecule has 1 saturated heterocycles. The Balaban J connectivity index is 2.15. The lowest BCUT2D eigenvalue weighted by molar-refractivity contribution is -0.139. The van der Waals surface area contributed by atoms with Crippen molar-refractivity contribution in [1.29, 1.82) is 0 Å². The van der Waals surface area contributed by atoms with Gasteiger partial charge in [0.05, 0.1) is 11.6 Å². The maximum atomic E-state index is 11.3. The maximum absolute atomic E-state index is 11.3. The monoisotopic (exact) mass is 330 g/mol. The third-order valence-corrected chi connectivity index (χ3v) is 5.29. The van der Waals surface area contributed by atoms with Gasteiger partial charge in [-0.15, -0.1) is 11.8 Å². The number of nitrogens with one attached hydrogen (secondary N) is 2. The zero-order valence-electron chi connectivity index (χ0n) is 12.0. The number of benzene rings is 1. The summed E-state index contributed by atoms with van der Waals surface area (Å²) in [4.78, 5) is 11.3. The summed E-state index contributed by atoms with van der Waals surface area (Å²) in [6.07, 6.45) is 1.09. The first-order chi connectivity index (χ1) is 9.58.